The first-order valence-corrected chi connectivity index (χ1v) is 12.7. The van der Waals surface area contributed by atoms with Crippen molar-refractivity contribution in [2.24, 2.45) is 0 Å². The Hall–Kier alpha value is -5.27. The second kappa shape index (κ2) is 15.4. The average Bonchev–Trinajstić information content (AvgIpc) is 2.96. The molecule has 7 heteroatoms. The Balaban J connectivity index is 1.50. The Morgan fingerprint density at radius 2 is 1.05 bits per heavy atom. The third-order valence-electron chi connectivity index (χ3n) is 5.24. The van der Waals surface area contributed by atoms with Crippen LogP contribution < -0.4 is 9.47 Å². The van der Waals surface area contributed by atoms with E-state index in [1.165, 1.54) is 6.07 Å². The summed E-state index contributed by atoms with van der Waals surface area (Å²) in [5.74, 6) is 11.5. The highest BCUT2D eigenvalue weighted by Gasteiger charge is 2.04. The standard InChI is InChI=1S/C34H29FO6/c1-24(2)33(36)40-21-19-38-30-15-9-26(10-16-30)5-6-28-8-14-29(32(35)23-28)13-7-27-11-17-31(18-12-27)39-20-22-41-34(37)25(3)4/h8-12,14-18,23H,1,3,19-22H2,2,4H3. The van der Waals surface area contributed by atoms with Gasteiger partial charge < -0.3 is 18.9 Å². The molecule has 3 aromatic carbocycles. The molecule has 208 valence electrons. The summed E-state index contributed by atoms with van der Waals surface area (Å²) < 4.78 is 35.7. The van der Waals surface area contributed by atoms with Crippen LogP contribution in [0, 0.1) is 29.5 Å². The van der Waals surface area contributed by atoms with Gasteiger partial charge in [0.2, 0.25) is 0 Å². The second-order valence-electron chi connectivity index (χ2n) is 8.77. The Bertz CT molecular complexity index is 1530. The highest BCUT2D eigenvalue weighted by molar-refractivity contribution is 5.87. The summed E-state index contributed by atoms with van der Waals surface area (Å²) in [5.41, 5.74) is 2.86. The minimum absolute atomic E-state index is 0.117. The van der Waals surface area contributed by atoms with Crippen LogP contribution in [0.4, 0.5) is 4.39 Å². The predicted molar refractivity (Wildman–Crippen MR) is 154 cm³/mol. The lowest BCUT2D eigenvalue weighted by Gasteiger charge is -2.07. The number of hydrogen-bond acceptors (Lipinski definition) is 6. The molecule has 0 saturated carbocycles. The lowest BCUT2D eigenvalue weighted by atomic mass is 10.1. The van der Waals surface area contributed by atoms with E-state index in [-0.39, 0.29) is 32.0 Å². The van der Waals surface area contributed by atoms with Gasteiger partial charge in [-0.05, 0) is 80.6 Å². The molecule has 6 nitrogen and oxygen atoms in total. The zero-order valence-electron chi connectivity index (χ0n) is 22.9. The summed E-state index contributed by atoms with van der Waals surface area (Å²) in [5, 5.41) is 0. The molecule has 3 rings (SSSR count). The molecule has 41 heavy (non-hydrogen) atoms. The second-order valence-corrected chi connectivity index (χ2v) is 8.77. The van der Waals surface area contributed by atoms with E-state index in [1.54, 1.807) is 74.5 Å². The van der Waals surface area contributed by atoms with E-state index >= 15 is 0 Å². The van der Waals surface area contributed by atoms with Gasteiger partial charge in [-0.1, -0.05) is 36.8 Å². The van der Waals surface area contributed by atoms with Gasteiger partial charge in [0.15, 0.2) is 0 Å². The van der Waals surface area contributed by atoms with E-state index in [0.717, 1.165) is 5.56 Å². The lowest BCUT2D eigenvalue weighted by Crippen LogP contribution is -2.12. The molecular weight excluding hydrogens is 523 g/mol. The van der Waals surface area contributed by atoms with Crippen molar-refractivity contribution in [2.45, 2.75) is 13.8 Å². The number of carbonyl (C=O) groups excluding carboxylic acids is 2. The molecule has 0 unspecified atom stereocenters. The van der Waals surface area contributed by atoms with Gasteiger partial charge >= 0.3 is 11.9 Å². The molecule has 0 radical (unpaired) electrons. The fourth-order valence-corrected chi connectivity index (χ4v) is 3.08. The van der Waals surface area contributed by atoms with E-state index in [0.29, 0.717) is 33.8 Å². The lowest BCUT2D eigenvalue weighted by molar-refractivity contribution is -0.140. The summed E-state index contributed by atoms with van der Waals surface area (Å²) >= 11 is 0. The molecule has 0 bridgehead atoms. The number of benzene rings is 3. The van der Waals surface area contributed by atoms with Gasteiger partial charge in [-0.2, -0.15) is 0 Å². The van der Waals surface area contributed by atoms with Gasteiger partial charge in [0.1, 0.15) is 43.7 Å². The van der Waals surface area contributed by atoms with Gasteiger partial charge in [-0.15, -0.1) is 0 Å². The Labute approximate surface area is 239 Å². The molecule has 0 heterocycles. The number of rotatable bonds is 10. The molecule has 0 aromatic heterocycles. The minimum Gasteiger partial charge on any atom is -0.490 e. The smallest absolute Gasteiger partial charge is 0.333 e. The molecule has 3 aromatic rings. The molecule has 0 saturated heterocycles. The topological polar surface area (TPSA) is 71.1 Å². The first kappa shape index (κ1) is 30.3. The summed E-state index contributed by atoms with van der Waals surface area (Å²) in [4.78, 5) is 22.7. The third kappa shape index (κ3) is 10.4. The highest BCUT2D eigenvalue weighted by atomic mass is 19.1. The van der Waals surface area contributed by atoms with Crippen LogP contribution in [-0.2, 0) is 19.1 Å². The van der Waals surface area contributed by atoms with Crippen molar-refractivity contribution < 1.29 is 32.9 Å². The van der Waals surface area contributed by atoms with Crippen molar-refractivity contribution in [3.05, 3.63) is 119 Å². The summed E-state index contributed by atoms with van der Waals surface area (Å²) in [7, 11) is 0. The van der Waals surface area contributed by atoms with Crippen molar-refractivity contribution in [1.82, 2.24) is 0 Å². The van der Waals surface area contributed by atoms with Crippen LogP contribution in [0.2, 0.25) is 0 Å². The van der Waals surface area contributed by atoms with Gasteiger partial charge in [0.05, 0.1) is 5.56 Å². The molecule has 0 aliphatic rings. The molecule has 0 atom stereocenters. The maximum atomic E-state index is 14.6. The molecule has 0 amide bonds. The van der Waals surface area contributed by atoms with Crippen LogP contribution in [0.15, 0.2) is 91.0 Å². The predicted octanol–water partition coefficient (Wildman–Crippen LogP) is 5.62. The van der Waals surface area contributed by atoms with Crippen molar-refractivity contribution in [2.75, 3.05) is 26.4 Å². The normalized spacial score (nSPS) is 9.73. The van der Waals surface area contributed by atoms with Gasteiger partial charge in [0, 0.05) is 27.8 Å². The van der Waals surface area contributed by atoms with Crippen LogP contribution in [0.3, 0.4) is 0 Å². The van der Waals surface area contributed by atoms with Crippen LogP contribution in [0.5, 0.6) is 11.5 Å². The van der Waals surface area contributed by atoms with E-state index < -0.39 is 17.8 Å². The fraction of sp³-hybridized carbons (Fsp3) is 0.176. The molecule has 0 aliphatic carbocycles. The Morgan fingerprint density at radius 1 is 0.634 bits per heavy atom. The summed E-state index contributed by atoms with van der Waals surface area (Å²) in [6.45, 7) is 10.9. The minimum atomic E-state index is -0.468. The fourth-order valence-electron chi connectivity index (χ4n) is 3.08. The van der Waals surface area contributed by atoms with E-state index in [9.17, 15) is 14.0 Å². The van der Waals surface area contributed by atoms with Crippen LogP contribution in [0.1, 0.15) is 36.1 Å². The maximum Gasteiger partial charge on any atom is 0.333 e. The van der Waals surface area contributed by atoms with E-state index in [1.807, 2.05) is 0 Å². The first-order valence-electron chi connectivity index (χ1n) is 12.7. The number of ether oxygens (including phenoxy) is 4. The number of carbonyl (C=O) groups is 2. The largest absolute Gasteiger partial charge is 0.490 e. The first-order chi connectivity index (χ1) is 19.7. The van der Waals surface area contributed by atoms with Gasteiger partial charge in [-0.3, -0.25) is 0 Å². The number of esters is 2. The summed E-state index contributed by atoms with van der Waals surface area (Å²) in [6.07, 6.45) is 0. The Morgan fingerprint density at radius 3 is 1.49 bits per heavy atom. The van der Waals surface area contributed by atoms with Crippen molar-refractivity contribution in [3.63, 3.8) is 0 Å². The zero-order chi connectivity index (χ0) is 29.6. The molecule has 0 spiro atoms. The van der Waals surface area contributed by atoms with Gasteiger partial charge in [0.25, 0.3) is 0 Å². The summed E-state index contributed by atoms with van der Waals surface area (Å²) in [6, 6.07) is 18.7. The molecule has 0 fully saturated rings. The molecule has 0 aliphatic heterocycles. The molecule has 0 N–H and O–H groups in total. The zero-order valence-corrected chi connectivity index (χ0v) is 22.9. The van der Waals surface area contributed by atoms with Crippen molar-refractivity contribution >= 4 is 11.9 Å². The quantitative estimate of drug-likeness (QED) is 0.141. The average molecular weight is 553 g/mol. The number of halogens is 1. The van der Waals surface area contributed by atoms with Crippen molar-refractivity contribution in [1.29, 1.82) is 0 Å². The van der Waals surface area contributed by atoms with Crippen LogP contribution >= 0.6 is 0 Å². The number of hydrogen-bond donors (Lipinski definition) is 0. The maximum absolute atomic E-state index is 14.6. The third-order valence-corrected chi connectivity index (χ3v) is 5.24. The SMILES string of the molecule is C=C(C)C(=O)OCCOc1ccc(C#Cc2ccc(C#Cc3ccc(OCCOC(=O)C(=C)C)cc3)c(F)c2)cc1. The van der Waals surface area contributed by atoms with E-state index in [4.69, 9.17) is 18.9 Å². The van der Waals surface area contributed by atoms with Crippen LogP contribution in [-0.4, -0.2) is 38.4 Å². The highest BCUT2D eigenvalue weighted by Crippen LogP contribution is 2.14. The monoisotopic (exact) mass is 552 g/mol. The Kier molecular flexibility index (Phi) is 11.3. The van der Waals surface area contributed by atoms with Crippen LogP contribution in [0.25, 0.3) is 0 Å². The van der Waals surface area contributed by atoms with Gasteiger partial charge in [-0.25, -0.2) is 14.0 Å². The van der Waals surface area contributed by atoms with Crippen molar-refractivity contribution in [3.8, 4) is 35.2 Å². The molecular formula is C34H29FO6. The van der Waals surface area contributed by atoms with E-state index in [2.05, 4.69) is 36.8 Å².